The Hall–Kier alpha value is -4.12. The van der Waals surface area contributed by atoms with E-state index in [0.717, 1.165) is 17.8 Å². The number of H-pyrrole nitrogens is 1. The zero-order valence-corrected chi connectivity index (χ0v) is 17.8. The molecule has 2 aromatic carbocycles. The van der Waals surface area contributed by atoms with E-state index in [0.29, 0.717) is 11.8 Å². The maximum absolute atomic E-state index is 14.6. The minimum atomic E-state index is -4.68. The van der Waals surface area contributed by atoms with Gasteiger partial charge in [0.1, 0.15) is 5.82 Å². The molecule has 0 saturated carbocycles. The number of benzene rings is 2. The van der Waals surface area contributed by atoms with E-state index in [9.17, 15) is 22.4 Å². The molecule has 0 spiro atoms. The number of amides is 2. The van der Waals surface area contributed by atoms with Crippen LogP contribution in [0.15, 0.2) is 67.0 Å². The van der Waals surface area contributed by atoms with Crippen molar-refractivity contribution in [2.75, 3.05) is 16.0 Å². The van der Waals surface area contributed by atoms with Crippen LogP contribution in [0, 0.1) is 5.82 Å². The Morgan fingerprint density at radius 3 is 2.41 bits per heavy atom. The lowest BCUT2D eigenvalue weighted by molar-refractivity contribution is -0.137. The van der Waals surface area contributed by atoms with Gasteiger partial charge in [0.2, 0.25) is 5.95 Å². The number of urea groups is 1. The smallest absolute Gasteiger partial charge is 0.360 e. The van der Waals surface area contributed by atoms with Crippen LogP contribution < -0.4 is 16.0 Å². The highest BCUT2D eigenvalue weighted by molar-refractivity contribution is 6.31. The standard InChI is InChI=1S/C22H15ClF4N6O/c23-15-5-3-12(10-14(15)22(25,26)27)30-21(34)31-13-4-6-17(16(24)11-13)32-20-29-9-7-19(33-20)18-2-1-8-28-18/h1-11,28H,(H,29,32,33)(H2,30,31,34). The number of aromatic nitrogens is 3. The van der Waals surface area contributed by atoms with Crippen molar-refractivity contribution in [3.05, 3.63) is 83.4 Å². The Kier molecular flexibility index (Phi) is 6.37. The molecule has 2 heterocycles. The maximum Gasteiger partial charge on any atom is 0.417 e. The van der Waals surface area contributed by atoms with Crippen LogP contribution >= 0.6 is 11.6 Å². The van der Waals surface area contributed by atoms with E-state index >= 15 is 0 Å². The normalized spacial score (nSPS) is 11.2. The zero-order valence-electron chi connectivity index (χ0n) is 17.0. The second-order valence-corrected chi connectivity index (χ2v) is 7.35. The van der Waals surface area contributed by atoms with Gasteiger partial charge in [-0.2, -0.15) is 13.2 Å². The summed E-state index contributed by atoms with van der Waals surface area (Å²) >= 11 is 5.57. The van der Waals surface area contributed by atoms with Crippen LogP contribution in [0.2, 0.25) is 5.02 Å². The summed E-state index contributed by atoms with van der Waals surface area (Å²) in [6, 6.07) is 11.2. The Labute approximate surface area is 195 Å². The van der Waals surface area contributed by atoms with Gasteiger partial charge in [-0.15, -0.1) is 0 Å². The van der Waals surface area contributed by atoms with Crippen LogP contribution in [-0.2, 0) is 6.18 Å². The molecule has 34 heavy (non-hydrogen) atoms. The number of carbonyl (C=O) groups excluding carboxylic acids is 1. The molecule has 0 aliphatic rings. The summed E-state index contributed by atoms with van der Waals surface area (Å²) in [5, 5.41) is 6.88. The Morgan fingerprint density at radius 2 is 1.74 bits per heavy atom. The van der Waals surface area contributed by atoms with E-state index in [4.69, 9.17) is 11.6 Å². The molecule has 4 N–H and O–H groups in total. The van der Waals surface area contributed by atoms with Gasteiger partial charge in [0.25, 0.3) is 0 Å². The molecule has 174 valence electrons. The third-order valence-corrected chi connectivity index (χ3v) is 4.86. The van der Waals surface area contributed by atoms with Crippen molar-refractivity contribution < 1.29 is 22.4 Å². The highest BCUT2D eigenvalue weighted by atomic mass is 35.5. The summed E-state index contributed by atoms with van der Waals surface area (Å²) in [7, 11) is 0. The van der Waals surface area contributed by atoms with Gasteiger partial charge < -0.3 is 20.9 Å². The van der Waals surface area contributed by atoms with Crippen LogP contribution in [0.25, 0.3) is 11.4 Å². The van der Waals surface area contributed by atoms with Crippen molar-refractivity contribution in [2.45, 2.75) is 6.18 Å². The Bertz CT molecular complexity index is 1330. The molecule has 0 aliphatic heterocycles. The topological polar surface area (TPSA) is 94.7 Å². The van der Waals surface area contributed by atoms with Crippen LogP contribution in [0.1, 0.15) is 5.56 Å². The molecule has 2 amide bonds. The van der Waals surface area contributed by atoms with E-state index in [1.165, 1.54) is 24.4 Å². The van der Waals surface area contributed by atoms with Crippen LogP contribution in [0.4, 0.5) is 45.4 Å². The van der Waals surface area contributed by atoms with Crippen molar-refractivity contribution in [1.82, 2.24) is 15.0 Å². The molecule has 2 aromatic heterocycles. The summed E-state index contributed by atoms with van der Waals surface area (Å²) in [6.07, 6.45) is -1.42. The van der Waals surface area contributed by atoms with E-state index in [1.807, 2.05) is 12.1 Å². The first kappa shape index (κ1) is 23.1. The molecular weight excluding hydrogens is 476 g/mol. The highest BCUT2D eigenvalue weighted by Crippen LogP contribution is 2.36. The van der Waals surface area contributed by atoms with Crippen molar-refractivity contribution in [3.8, 4) is 11.4 Å². The van der Waals surface area contributed by atoms with Crippen molar-refractivity contribution in [3.63, 3.8) is 0 Å². The van der Waals surface area contributed by atoms with Gasteiger partial charge >= 0.3 is 12.2 Å². The largest absolute Gasteiger partial charge is 0.417 e. The molecule has 0 radical (unpaired) electrons. The highest BCUT2D eigenvalue weighted by Gasteiger charge is 2.33. The third kappa shape index (κ3) is 5.44. The molecule has 0 aliphatic carbocycles. The summed E-state index contributed by atoms with van der Waals surface area (Å²) in [5.74, 6) is -0.551. The fourth-order valence-corrected chi connectivity index (χ4v) is 3.21. The summed E-state index contributed by atoms with van der Waals surface area (Å²) in [6.45, 7) is 0. The van der Waals surface area contributed by atoms with Crippen LogP contribution in [-0.4, -0.2) is 21.0 Å². The number of nitrogens with zero attached hydrogens (tertiary/aromatic N) is 2. The number of halogens is 5. The van der Waals surface area contributed by atoms with Gasteiger partial charge in [-0.3, -0.25) is 0 Å². The van der Waals surface area contributed by atoms with E-state index in [-0.39, 0.29) is 23.0 Å². The molecule has 4 rings (SSSR count). The molecule has 4 aromatic rings. The van der Waals surface area contributed by atoms with Crippen molar-refractivity contribution in [2.24, 2.45) is 0 Å². The summed E-state index contributed by atoms with van der Waals surface area (Å²) in [5.41, 5.74) is 0.282. The van der Waals surface area contributed by atoms with Gasteiger partial charge in [-0.25, -0.2) is 19.2 Å². The van der Waals surface area contributed by atoms with Crippen LogP contribution in [0.5, 0.6) is 0 Å². The van der Waals surface area contributed by atoms with E-state index in [1.54, 1.807) is 12.3 Å². The molecule has 7 nitrogen and oxygen atoms in total. The van der Waals surface area contributed by atoms with Gasteiger partial charge in [-0.1, -0.05) is 11.6 Å². The molecule has 0 unspecified atom stereocenters. The van der Waals surface area contributed by atoms with Gasteiger partial charge in [0, 0.05) is 23.8 Å². The quantitative estimate of drug-likeness (QED) is 0.235. The number of anilines is 4. The first-order valence-electron chi connectivity index (χ1n) is 9.67. The van der Waals surface area contributed by atoms with Gasteiger partial charge in [0.15, 0.2) is 0 Å². The molecule has 0 saturated heterocycles. The first-order chi connectivity index (χ1) is 16.2. The second-order valence-electron chi connectivity index (χ2n) is 6.94. The summed E-state index contributed by atoms with van der Waals surface area (Å²) < 4.78 is 53.5. The van der Waals surface area contributed by atoms with Crippen LogP contribution in [0.3, 0.4) is 0 Å². The molecular formula is C22H15ClF4N6O. The molecule has 0 atom stereocenters. The fourth-order valence-electron chi connectivity index (χ4n) is 2.99. The van der Waals surface area contributed by atoms with E-state index < -0.39 is 28.6 Å². The number of rotatable bonds is 5. The zero-order chi connectivity index (χ0) is 24.3. The lowest BCUT2D eigenvalue weighted by Crippen LogP contribution is -2.20. The maximum atomic E-state index is 14.6. The average Bonchev–Trinajstić information content (AvgIpc) is 3.31. The minimum Gasteiger partial charge on any atom is -0.360 e. The number of aromatic amines is 1. The average molecular weight is 491 g/mol. The Morgan fingerprint density at radius 1 is 1.00 bits per heavy atom. The number of carbonyl (C=O) groups is 1. The minimum absolute atomic E-state index is 0.0575. The number of hydrogen-bond acceptors (Lipinski definition) is 4. The van der Waals surface area contributed by atoms with Crippen molar-refractivity contribution >= 4 is 40.6 Å². The number of hydrogen-bond donors (Lipinski definition) is 4. The molecule has 0 fully saturated rings. The summed E-state index contributed by atoms with van der Waals surface area (Å²) in [4.78, 5) is 23.6. The fraction of sp³-hybridized carbons (Fsp3) is 0.0455. The lowest BCUT2D eigenvalue weighted by Gasteiger charge is -2.13. The molecule has 12 heteroatoms. The second kappa shape index (κ2) is 9.40. The predicted molar refractivity (Wildman–Crippen MR) is 121 cm³/mol. The Balaban J connectivity index is 1.43. The van der Waals surface area contributed by atoms with Gasteiger partial charge in [-0.05, 0) is 54.6 Å². The van der Waals surface area contributed by atoms with E-state index in [2.05, 4.69) is 30.9 Å². The van der Waals surface area contributed by atoms with Crippen molar-refractivity contribution in [1.29, 1.82) is 0 Å². The predicted octanol–water partition coefficient (Wildman–Crippen LogP) is 6.67. The monoisotopic (exact) mass is 490 g/mol. The number of nitrogens with one attached hydrogen (secondary N) is 4. The number of alkyl halides is 3. The SMILES string of the molecule is O=C(Nc1ccc(Nc2nccc(-c3ccc[nH]3)n2)c(F)c1)Nc1ccc(Cl)c(C(F)(F)F)c1. The third-order valence-electron chi connectivity index (χ3n) is 4.53. The first-order valence-corrected chi connectivity index (χ1v) is 10.0. The molecule has 0 bridgehead atoms. The lowest BCUT2D eigenvalue weighted by atomic mass is 10.2. The van der Waals surface area contributed by atoms with Gasteiger partial charge in [0.05, 0.1) is 27.7 Å².